The van der Waals surface area contributed by atoms with E-state index in [1.807, 2.05) is 13.8 Å². The number of anilines is 1. The van der Waals surface area contributed by atoms with E-state index in [0.29, 0.717) is 11.3 Å². The van der Waals surface area contributed by atoms with E-state index in [0.717, 1.165) is 12.8 Å². The van der Waals surface area contributed by atoms with Crippen LogP contribution < -0.4 is 5.32 Å². The van der Waals surface area contributed by atoms with Crippen LogP contribution in [0.2, 0.25) is 0 Å². The summed E-state index contributed by atoms with van der Waals surface area (Å²) in [5, 5.41) is 2.97. The second-order valence-electron chi connectivity index (χ2n) is 5.44. The third kappa shape index (κ3) is 3.06. The van der Waals surface area contributed by atoms with Crippen LogP contribution in [0.3, 0.4) is 0 Å². The van der Waals surface area contributed by atoms with Crippen molar-refractivity contribution < 1.29 is 14.0 Å². The second-order valence-corrected chi connectivity index (χ2v) is 5.44. The van der Waals surface area contributed by atoms with E-state index < -0.39 is 6.04 Å². The number of nitrogens with one attached hydrogen (secondary N) is 1. The van der Waals surface area contributed by atoms with Gasteiger partial charge in [0.05, 0.1) is 6.42 Å². The van der Waals surface area contributed by atoms with Gasteiger partial charge in [-0.15, -0.1) is 0 Å². The van der Waals surface area contributed by atoms with Gasteiger partial charge in [-0.3, -0.25) is 14.5 Å². The molecule has 1 unspecified atom stereocenters. The number of rotatable bonds is 5. The molecule has 5 heteroatoms. The summed E-state index contributed by atoms with van der Waals surface area (Å²) in [4.78, 5) is 25.8. The summed E-state index contributed by atoms with van der Waals surface area (Å²) >= 11 is 0. The lowest BCUT2D eigenvalue weighted by molar-refractivity contribution is -0.141. The van der Waals surface area contributed by atoms with Crippen molar-refractivity contribution in [3.8, 4) is 0 Å². The predicted octanol–water partition coefficient (Wildman–Crippen LogP) is 2.86. The Labute approximate surface area is 124 Å². The van der Waals surface area contributed by atoms with Crippen molar-refractivity contribution in [2.24, 2.45) is 0 Å². The smallest absolute Gasteiger partial charge is 0.252 e. The van der Waals surface area contributed by atoms with Gasteiger partial charge in [0.25, 0.3) is 5.91 Å². The number of benzene rings is 1. The van der Waals surface area contributed by atoms with Crippen molar-refractivity contribution in [2.45, 2.75) is 52.1 Å². The highest BCUT2D eigenvalue weighted by molar-refractivity contribution is 6.07. The van der Waals surface area contributed by atoms with Gasteiger partial charge in [0.1, 0.15) is 11.9 Å². The van der Waals surface area contributed by atoms with Gasteiger partial charge in [-0.2, -0.15) is 0 Å². The summed E-state index contributed by atoms with van der Waals surface area (Å²) in [6, 6.07) is 4.08. The Hall–Kier alpha value is -1.91. The second kappa shape index (κ2) is 6.24. The van der Waals surface area contributed by atoms with Crippen molar-refractivity contribution in [2.75, 3.05) is 5.32 Å². The largest absolute Gasteiger partial charge is 0.373 e. The van der Waals surface area contributed by atoms with Crippen LogP contribution in [0.5, 0.6) is 0 Å². The van der Waals surface area contributed by atoms with Crippen LogP contribution in [0.4, 0.5) is 10.1 Å². The van der Waals surface area contributed by atoms with Gasteiger partial charge in [0.2, 0.25) is 5.91 Å². The van der Waals surface area contributed by atoms with Crippen LogP contribution in [-0.4, -0.2) is 28.8 Å². The van der Waals surface area contributed by atoms with Crippen LogP contribution >= 0.6 is 0 Å². The van der Waals surface area contributed by atoms with Crippen LogP contribution in [0.15, 0.2) is 18.2 Å². The average Bonchev–Trinajstić information content (AvgIpc) is 2.72. The van der Waals surface area contributed by atoms with Crippen molar-refractivity contribution >= 4 is 17.5 Å². The Balaban J connectivity index is 2.13. The summed E-state index contributed by atoms with van der Waals surface area (Å²) in [7, 11) is 0. The number of hydrogen-bond acceptors (Lipinski definition) is 3. The first-order chi connectivity index (χ1) is 9.97. The lowest BCUT2D eigenvalue weighted by Gasteiger charge is -2.24. The molecule has 0 spiro atoms. The minimum absolute atomic E-state index is 0.0495. The van der Waals surface area contributed by atoms with Gasteiger partial charge in [0, 0.05) is 11.7 Å². The molecule has 1 aliphatic heterocycles. The molecule has 1 fully saturated rings. The Bertz CT molecular complexity index is 555. The van der Waals surface area contributed by atoms with E-state index >= 15 is 0 Å². The predicted molar refractivity (Wildman–Crippen MR) is 79.4 cm³/mol. The first-order valence-corrected chi connectivity index (χ1v) is 7.36. The molecule has 1 N–H and O–H groups in total. The molecule has 0 radical (unpaired) electrons. The average molecular weight is 292 g/mol. The van der Waals surface area contributed by atoms with Crippen molar-refractivity contribution in [1.29, 1.82) is 0 Å². The molecule has 0 aromatic heterocycles. The van der Waals surface area contributed by atoms with E-state index in [4.69, 9.17) is 0 Å². The van der Waals surface area contributed by atoms with E-state index in [9.17, 15) is 14.0 Å². The maximum absolute atomic E-state index is 13.5. The monoisotopic (exact) mass is 292 g/mol. The number of likely N-dealkylation sites (tertiary alicyclic amines) is 1. The van der Waals surface area contributed by atoms with Crippen molar-refractivity contribution in [1.82, 2.24) is 4.90 Å². The number of halogens is 1. The van der Waals surface area contributed by atoms with Crippen LogP contribution in [0.1, 0.15) is 38.7 Å². The van der Waals surface area contributed by atoms with E-state index in [1.165, 1.54) is 11.0 Å². The molecular formula is C16H21FN2O2. The van der Waals surface area contributed by atoms with Crippen molar-refractivity contribution in [3.05, 3.63) is 29.6 Å². The van der Waals surface area contributed by atoms with Crippen LogP contribution in [0.25, 0.3) is 0 Å². The van der Waals surface area contributed by atoms with Gasteiger partial charge < -0.3 is 5.32 Å². The van der Waals surface area contributed by atoms with E-state index in [-0.39, 0.29) is 30.1 Å². The minimum atomic E-state index is -0.597. The number of carbonyl (C=O) groups is 2. The highest BCUT2D eigenvalue weighted by Crippen LogP contribution is 2.23. The summed E-state index contributed by atoms with van der Waals surface area (Å²) in [5.41, 5.74) is 1.07. The number of nitrogens with zero attached hydrogens (tertiary/aromatic N) is 1. The fourth-order valence-electron chi connectivity index (χ4n) is 2.69. The quantitative estimate of drug-likeness (QED) is 0.849. The van der Waals surface area contributed by atoms with Gasteiger partial charge >= 0.3 is 0 Å². The minimum Gasteiger partial charge on any atom is -0.373 e. The SMILES string of the molecule is CCC(CC)N1C(=O)CC(Nc2ccc(C)c(F)c2)C1=O. The molecule has 4 nitrogen and oxygen atoms in total. The highest BCUT2D eigenvalue weighted by Gasteiger charge is 2.41. The molecule has 1 aromatic rings. The zero-order chi connectivity index (χ0) is 15.6. The van der Waals surface area contributed by atoms with Crippen LogP contribution in [0, 0.1) is 12.7 Å². The number of amides is 2. The Morgan fingerprint density at radius 1 is 1.33 bits per heavy atom. The van der Waals surface area contributed by atoms with E-state index in [1.54, 1.807) is 19.1 Å². The first-order valence-electron chi connectivity index (χ1n) is 7.36. The van der Waals surface area contributed by atoms with Gasteiger partial charge in [-0.25, -0.2) is 4.39 Å². The lowest BCUT2D eigenvalue weighted by Crippen LogP contribution is -2.41. The topological polar surface area (TPSA) is 49.4 Å². The molecule has 1 atom stereocenters. The number of imide groups is 1. The Kier molecular flexibility index (Phi) is 4.60. The van der Waals surface area contributed by atoms with Crippen LogP contribution in [-0.2, 0) is 9.59 Å². The van der Waals surface area contributed by atoms with Gasteiger partial charge in [-0.1, -0.05) is 19.9 Å². The molecule has 1 aliphatic rings. The van der Waals surface area contributed by atoms with Gasteiger partial charge in [0.15, 0.2) is 0 Å². The maximum atomic E-state index is 13.5. The standard InChI is InChI=1S/C16H21FN2O2/c1-4-12(5-2)19-15(20)9-14(16(19)21)18-11-7-6-10(3)13(17)8-11/h6-8,12,14,18H,4-5,9H2,1-3H3. The number of hydrogen-bond donors (Lipinski definition) is 1. The lowest BCUT2D eigenvalue weighted by atomic mass is 10.1. The summed E-state index contributed by atoms with van der Waals surface area (Å²) in [6.07, 6.45) is 1.63. The molecule has 0 bridgehead atoms. The summed E-state index contributed by atoms with van der Waals surface area (Å²) in [6.45, 7) is 5.61. The number of aryl methyl sites for hydroxylation is 1. The molecule has 1 saturated heterocycles. The third-order valence-electron chi connectivity index (χ3n) is 4.00. The van der Waals surface area contributed by atoms with Crippen molar-refractivity contribution in [3.63, 3.8) is 0 Å². The normalized spacial score (nSPS) is 18.7. The summed E-state index contributed by atoms with van der Waals surface area (Å²) in [5.74, 6) is -0.693. The molecule has 114 valence electrons. The molecule has 0 saturated carbocycles. The molecule has 1 aromatic carbocycles. The fraction of sp³-hybridized carbons (Fsp3) is 0.500. The Morgan fingerprint density at radius 2 is 2.00 bits per heavy atom. The first kappa shape index (κ1) is 15.5. The summed E-state index contributed by atoms with van der Waals surface area (Å²) < 4.78 is 13.5. The zero-order valence-electron chi connectivity index (χ0n) is 12.6. The molecule has 2 amide bonds. The molecule has 2 rings (SSSR count). The zero-order valence-corrected chi connectivity index (χ0v) is 12.6. The molecule has 0 aliphatic carbocycles. The molecular weight excluding hydrogens is 271 g/mol. The molecule has 21 heavy (non-hydrogen) atoms. The fourth-order valence-corrected chi connectivity index (χ4v) is 2.69. The number of carbonyl (C=O) groups excluding carboxylic acids is 2. The maximum Gasteiger partial charge on any atom is 0.252 e. The molecule has 1 heterocycles. The van der Waals surface area contributed by atoms with E-state index in [2.05, 4.69) is 5.32 Å². The Morgan fingerprint density at radius 3 is 2.57 bits per heavy atom. The van der Waals surface area contributed by atoms with Gasteiger partial charge in [-0.05, 0) is 37.5 Å². The highest BCUT2D eigenvalue weighted by atomic mass is 19.1. The third-order valence-corrected chi connectivity index (χ3v) is 4.00.